The molecule has 0 spiro atoms. The molecule has 2 bridgehead atoms. The van der Waals surface area contributed by atoms with Crippen LogP contribution in [0.25, 0.3) is 10.8 Å². The van der Waals surface area contributed by atoms with Crippen LogP contribution in [0.3, 0.4) is 0 Å². The normalized spacial score (nSPS) is 28.2. The Morgan fingerprint density at radius 2 is 2.09 bits per heavy atom. The van der Waals surface area contributed by atoms with Crippen LogP contribution in [-0.2, 0) is 9.53 Å². The van der Waals surface area contributed by atoms with Gasteiger partial charge in [0.1, 0.15) is 11.7 Å². The van der Waals surface area contributed by atoms with E-state index in [4.69, 9.17) is 21.7 Å². The van der Waals surface area contributed by atoms with E-state index >= 15 is 0 Å². The number of rotatable bonds is 1. The van der Waals surface area contributed by atoms with Crippen molar-refractivity contribution >= 4 is 34.1 Å². The summed E-state index contributed by atoms with van der Waals surface area (Å²) in [6.45, 7) is 1.83. The Hall–Kier alpha value is -2.34. The fourth-order valence-corrected chi connectivity index (χ4v) is 3.94. The third kappa shape index (κ3) is 1.98. The van der Waals surface area contributed by atoms with Crippen LogP contribution in [0, 0.1) is 5.92 Å². The summed E-state index contributed by atoms with van der Waals surface area (Å²) < 4.78 is 11.2. The number of esters is 1. The van der Waals surface area contributed by atoms with Crippen LogP contribution in [0.1, 0.15) is 18.5 Å². The van der Waals surface area contributed by atoms with Gasteiger partial charge < -0.3 is 20.1 Å². The highest BCUT2D eigenvalue weighted by molar-refractivity contribution is 7.80. The van der Waals surface area contributed by atoms with Gasteiger partial charge in [0, 0.05) is 5.56 Å². The molecule has 2 aromatic rings. The molecule has 1 fully saturated rings. The van der Waals surface area contributed by atoms with E-state index in [0.29, 0.717) is 5.11 Å². The average Bonchev–Trinajstić information content (AvgIpc) is 2.52. The van der Waals surface area contributed by atoms with E-state index in [1.165, 1.54) is 7.11 Å². The second kappa shape index (κ2) is 4.83. The number of carbonyl (C=O) groups excluding carboxylic acids is 1. The predicted molar refractivity (Wildman–Crippen MR) is 90.1 cm³/mol. The summed E-state index contributed by atoms with van der Waals surface area (Å²) in [5, 5.41) is 8.91. The summed E-state index contributed by atoms with van der Waals surface area (Å²) in [4.78, 5) is 12.4. The number of fused-ring (bicyclic) bond motifs is 6. The average molecular weight is 328 g/mol. The molecule has 23 heavy (non-hydrogen) atoms. The fourth-order valence-electron chi connectivity index (χ4n) is 3.61. The minimum Gasteiger partial charge on any atom is -0.469 e. The molecule has 2 N–H and O–H groups in total. The fraction of sp³-hybridized carbons (Fsp3) is 0.294. The predicted octanol–water partition coefficient (Wildman–Crippen LogP) is 2.26. The molecule has 3 atom stereocenters. The van der Waals surface area contributed by atoms with E-state index in [0.717, 1.165) is 22.1 Å². The maximum atomic E-state index is 12.4. The Kier molecular flexibility index (Phi) is 2.99. The van der Waals surface area contributed by atoms with Crippen molar-refractivity contribution < 1.29 is 14.3 Å². The Bertz CT molecular complexity index is 838. The molecule has 2 heterocycles. The van der Waals surface area contributed by atoms with Crippen LogP contribution in [0.15, 0.2) is 36.4 Å². The molecule has 2 unspecified atom stereocenters. The van der Waals surface area contributed by atoms with E-state index in [2.05, 4.69) is 10.6 Å². The van der Waals surface area contributed by atoms with Gasteiger partial charge >= 0.3 is 5.97 Å². The number of carbonyl (C=O) groups is 1. The molecule has 0 aromatic heterocycles. The van der Waals surface area contributed by atoms with Crippen LogP contribution >= 0.6 is 12.2 Å². The molecule has 0 radical (unpaired) electrons. The van der Waals surface area contributed by atoms with Crippen LogP contribution in [-0.4, -0.2) is 23.9 Å². The van der Waals surface area contributed by atoms with Crippen LogP contribution in [0.2, 0.25) is 0 Å². The highest BCUT2D eigenvalue weighted by atomic mass is 32.1. The number of hydrogen-bond acceptors (Lipinski definition) is 4. The highest BCUT2D eigenvalue weighted by Crippen LogP contribution is 2.47. The molecule has 0 amide bonds. The lowest BCUT2D eigenvalue weighted by Crippen LogP contribution is -2.70. The first-order chi connectivity index (χ1) is 11.0. The summed E-state index contributed by atoms with van der Waals surface area (Å²) >= 11 is 5.31. The van der Waals surface area contributed by atoms with E-state index in [1.807, 2.05) is 43.3 Å². The molecular formula is C17H16N2O3S. The maximum Gasteiger partial charge on any atom is 0.317 e. The van der Waals surface area contributed by atoms with Crippen molar-refractivity contribution in [3.05, 3.63) is 42.0 Å². The molecule has 4 rings (SSSR count). The van der Waals surface area contributed by atoms with E-state index in [-0.39, 0.29) is 12.0 Å². The monoisotopic (exact) mass is 328 g/mol. The number of hydrogen-bond donors (Lipinski definition) is 2. The Morgan fingerprint density at radius 1 is 1.30 bits per heavy atom. The lowest BCUT2D eigenvalue weighted by Gasteiger charge is -2.50. The van der Waals surface area contributed by atoms with Gasteiger partial charge in [-0.15, -0.1) is 0 Å². The van der Waals surface area contributed by atoms with Gasteiger partial charge in [0.15, 0.2) is 10.8 Å². The Balaban J connectivity index is 1.99. The smallest absolute Gasteiger partial charge is 0.317 e. The molecule has 2 aliphatic heterocycles. The number of thiocarbonyl (C=S) groups is 1. The zero-order valence-electron chi connectivity index (χ0n) is 12.8. The van der Waals surface area contributed by atoms with Crippen LogP contribution in [0.5, 0.6) is 5.75 Å². The van der Waals surface area contributed by atoms with Crippen molar-refractivity contribution in [2.75, 3.05) is 7.11 Å². The van der Waals surface area contributed by atoms with Gasteiger partial charge in [-0.2, -0.15) is 0 Å². The Morgan fingerprint density at radius 3 is 2.87 bits per heavy atom. The van der Waals surface area contributed by atoms with E-state index in [9.17, 15) is 4.79 Å². The van der Waals surface area contributed by atoms with Gasteiger partial charge in [0.05, 0.1) is 13.2 Å². The largest absolute Gasteiger partial charge is 0.469 e. The third-order valence-electron chi connectivity index (χ3n) is 4.59. The molecule has 5 nitrogen and oxygen atoms in total. The van der Waals surface area contributed by atoms with Gasteiger partial charge in [-0.3, -0.25) is 4.79 Å². The lowest BCUT2D eigenvalue weighted by molar-refractivity contribution is -0.159. The summed E-state index contributed by atoms with van der Waals surface area (Å²) in [5.74, 6) is -0.130. The van der Waals surface area contributed by atoms with Gasteiger partial charge in [-0.25, -0.2) is 0 Å². The summed E-state index contributed by atoms with van der Waals surface area (Å²) in [6, 6.07) is 11.7. The van der Waals surface area contributed by atoms with Crippen LogP contribution < -0.4 is 15.4 Å². The standard InChI is InChI=1S/C17H16N2O3S/c1-17-13(15(20)21-2)14(18-16(23)19-17)12-10-6-4-3-5-9(10)7-8-11(12)22-17/h3-8,13-14H,1-2H3,(H2,18,19,23)/t13?,14?,17-/m0/s1. The van der Waals surface area contributed by atoms with Crippen molar-refractivity contribution in [2.45, 2.75) is 18.7 Å². The molecule has 118 valence electrons. The minimum absolute atomic E-state index is 0.295. The van der Waals surface area contributed by atoms with Gasteiger partial charge in [-0.1, -0.05) is 30.3 Å². The van der Waals surface area contributed by atoms with Gasteiger partial charge in [0.25, 0.3) is 0 Å². The summed E-state index contributed by atoms with van der Waals surface area (Å²) in [6.07, 6.45) is 0. The van der Waals surface area contributed by atoms with Crippen LogP contribution in [0.4, 0.5) is 0 Å². The molecule has 1 saturated heterocycles. The van der Waals surface area contributed by atoms with Crippen molar-refractivity contribution in [1.82, 2.24) is 10.6 Å². The molecule has 6 heteroatoms. The summed E-state index contributed by atoms with van der Waals surface area (Å²) in [5.41, 5.74) is 0.00931. The van der Waals surface area contributed by atoms with Crippen molar-refractivity contribution in [2.24, 2.45) is 5.92 Å². The van der Waals surface area contributed by atoms with E-state index in [1.54, 1.807) is 0 Å². The zero-order chi connectivity index (χ0) is 16.2. The van der Waals surface area contributed by atoms with Gasteiger partial charge in [-0.05, 0) is 36.0 Å². The third-order valence-corrected chi connectivity index (χ3v) is 4.81. The summed E-state index contributed by atoms with van der Waals surface area (Å²) in [7, 11) is 1.39. The molecule has 0 saturated carbocycles. The number of nitrogens with one attached hydrogen (secondary N) is 2. The number of benzene rings is 2. The topological polar surface area (TPSA) is 59.6 Å². The number of methoxy groups -OCH3 is 1. The lowest BCUT2D eigenvalue weighted by atomic mass is 9.79. The minimum atomic E-state index is -0.935. The quantitative estimate of drug-likeness (QED) is 0.618. The first-order valence-corrected chi connectivity index (χ1v) is 7.81. The van der Waals surface area contributed by atoms with Crippen molar-refractivity contribution in [1.29, 1.82) is 0 Å². The van der Waals surface area contributed by atoms with E-state index < -0.39 is 11.6 Å². The second-order valence-electron chi connectivity index (χ2n) is 5.98. The van der Waals surface area contributed by atoms with Crippen molar-refractivity contribution in [3.8, 4) is 5.75 Å². The first kappa shape index (κ1) is 14.3. The molecular weight excluding hydrogens is 312 g/mol. The zero-order valence-corrected chi connectivity index (χ0v) is 13.6. The molecule has 2 aliphatic rings. The SMILES string of the molecule is COC(=O)C1C2NC(=S)N[C@@]1(C)Oc1ccc3ccccc3c12. The molecule has 0 aliphatic carbocycles. The highest BCUT2D eigenvalue weighted by Gasteiger charge is 2.55. The maximum absolute atomic E-state index is 12.4. The number of ether oxygens (including phenoxy) is 2. The van der Waals surface area contributed by atoms with Crippen molar-refractivity contribution in [3.63, 3.8) is 0 Å². The molecule has 2 aromatic carbocycles. The first-order valence-electron chi connectivity index (χ1n) is 7.40. The Labute approximate surface area is 139 Å². The second-order valence-corrected chi connectivity index (χ2v) is 6.39. The van der Waals surface area contributed by atoms with Gasteiger partial charge in [0.2, 0.25) is 0 Å².